The number of aliphatic hydroxyl groups is 1. The summed E-state index contributed by atoms with van der Waals surface area (Å²) in [4.78, 5) is 59.0. The molecule has 4 heterocycles. The van der Waals surface area contributed by atoms with Crippen LogP contribution < -0.4 is 5.32 Å². The summed E-state index contributed by atoms with van der Waals surface area (Å²) in [6.07, 6.45) is 9.76. The molecule has 3 amide bonds. The third-order valence-corrected chi connectivity index (χ3v) is 9.43. The summed E-state index contributed by atoms with van der Waals surface area (Å²) in [5.41, 5.74) is -0.641. The molecule has 1 aromatic rings. The average Bonchev–Trinajstić information content (AvgIpc) is 3.40. The highest BCUT2D eigenvalue weighted by atomic mass is 16.5. The summed E-state index contributed by atoms with van der Waals surface area (Å²) in [5.74, 6) is -3.50. The molecule has 1 aromatic carbocycles. The first kappa shape index (κ1) is 31.9. The first-order valence-corrected chi connectivity index (χ1v) is 16.0. The second-order valence-corrected chi connectivity index (χ2v) is 12.6. The van der Waals surface area contributed by atoms with Crippen molar-refractivity contribution in [2.24, 2.45) is 17.8 Å². The third-order valence-electron chi connectivity index (χ3n) is 9.43. The molecule has 10 nitrogen and oxygen atoms in total. The van der Waals surface area contributed by atoms with Gasteiger partial charge in [-0.05, 0) is 24.3 Å². The van der Waals surface area contributed by atoms with Gasteiger partial charge in [0.05, 0.1) is 36.6 Å². The maximum absolute atomic E-state index is 14.6. The standard InChI is InChI=1S/C34H45N3O7/c1-4-5-11-18-36-19-12-17-34-29(32(41)37(30(34)33(36)42)25(20-38)22(2)3)28-26(44-34)15-9-10-16-27(39)43-21-24(35-31(28)40)23-13-7-6-8-14-23/h6-9,12-15,17,22,24-26,28-30,38H,4-5,10-11,16,18-21H2,1-3H3,(H,35,40)/b15-9-/t24-,25-,26+,28-,29-,30+,34-/m0/s1. The van der Waals surface area contributed by atoms with Gasteiger partial charge in [0, 0.05) is 19.5 Å². The van der Waals surface area contributed by atoms with E-state index >= 15 is 0 Å². The maximum atomic E-state index is 14.6. The molecule has 44 heavy (non-hydrogen) atoms. The lowest BCUT2D eigenvalue weighted by Crippen LogP contribution is -2.59. The Kier molecular flexibility index (Phi) is 9.90. The number of carbonyl (C=O) groups excluding carboxylic acids is 4. The van der Waals surface area contributed by atoms with E-state index in [0.29, 0.717) is 19.5 Å². The van der Waals surface area contributed by atoms with Crippen LogP contribution in [-0.4, -0.2) is 88.7 Å². The van der Waals surface area contributed by atoms with Gasteiger partial charge in [-0.15, -0.1) is 0 Å². The molecule has 10 heteroatoms. The van der Waals surface area contributed by atoms with Crippen LogP contribution in [0.2, 0.25) is 0 Å². The van der Waals surface area contributed by atoms with Gasteiger partial charge in [-0.1, -0.05) is 88.2 Å². The number of likely N-dealkylation sites (tertiary alicyclic amines) is 1. The van der Waals surface area contributed by atoms with Gasteiger partial charge >= 0.3 is 5.97 Å². The smallest absolute Gasteiger partial charge is 0.306 e. The van der Waals surface area contributed by atoms with Crippen LogP contribution in [0.15, 0.2) is 54.6 Å². The van der Waals surface area contributed by atoms with Gasteiger partial charge in [0.25, 0.3) is 0 Å². The summed E-state index contributed by atoms with van der Waals surface area (Å²) in [6.45, 7) is 6.46. The van der Waals surface area contributed by atoms with E-state index in [-0.39, 0.29) is 43.3 Å². The fourth-order valence-corrected chi connectivity index (χ4v) is 7.16. The number of amides is 3. The quantitative estimate of drug-likeness (QED) is 0.265. The monoisotopic (exact) mass is 607 g/mol. The zero-order valence-electron chi connectivity index (χ0n) is 25.9. The van der Waals surface area contributed by atoms with Crippen LogP contribution in [0.1, 0.15) is 64.5 Å². The van der Waals surface area contributed by atoms with Gasteiger partial charge in [-0.3, -0.25) is 19.2 Å². The van der Waals surface area contributed by atoms with Crippen molar-refractivity contribution in [1.82, 2.24) is 15.1 Å². The number of aliphatic hydroxyl groups excluding tert-OH is 1. The zero-order valence-corrected chi connectivity index (χ0v) is 25.9. The molecule has 0 aliphatic carbocycles. The van der Waals surface area contributed by atoms with Crippen molar-refractivity contribution < 1.29 is 33.8 Å². The average molecular weight is 608 g/mol. The second kappa shape index (κ2) is 13.6. The van der Waals surface area contributed by atoms with Gasteiger partial charge in [-0.25, -0.2) is 0 Å². The van der Waals surface area contributed by atoms with Crippen molar-refractivity contribution in [2.45, 2.75) is 82.7 Å². The first-order valence-electron chi connectivity index (χ1n) is 16.0. The Morgan fingerprint density at radius 3 is 2.55 bits per heavy atom. The topological polar surface area (TPSA) is 125 Å². The molecular formula is C34H45N3O7. The van der Waals surface area contributed by atoms with E-state index in [1.54, 1.807) is 17.1 Å². The van der Waals surface area contributed by atoms with Crippen molar-refractivity contribution >= 4 is 23.7 Å². The molecule has 5 rings (SSSR count). The number of nitrogens with one attached hydrogen (secondary N) is 1. The van der Waals surface area contributed by atoms with Gasteiger partial charge in [-0.2, -0.15) is 0 Å². The highest BCUT2D eigenvalue weighted by Crippen LogP contribution is 2.53. The molecular weight excluding hydrogens is 562 g/mol. The normalized spacial score (nSPS) is 32.2. The molecule has 2 fully saturated rings. The number of benzene rings is 1. The largest absolute Gasteiger partial charge is 0.463 e. The van der Waals surface area contributed by atoms with Crippen LogP contribution >= 0.6 is 0 Å². The highest BCUT2D eigenvalue weighted by Gasteiger charge is 2.72. The molecule has 0 bridgehead atoms. The minimum atomic E-state index is -1.40. The number of fused-ring (bicyclic) bond motifs is 2. The molecule has 0 saturated carbocycles. The number of hydrogen-bond acceptors (Lipinski definition) is 7. The molecule has 4 aliphatic heterocycles. The lowest BCUT2D eigenvalue weighted by Gasteiger charge is -2.40. The molecule has 7 atom stereocenters. The van der Waals surface area contributed by atoms with E-state index in [9.17, 15) is 24.3 Å². The number of hydrogen-bond donors (Lipinski definition) is 2. The molecule has 238 valence electrons. The van der Waals surface area contributed by atoms with Crippen LogP contribution in [0.4, 0.5) is 0 Å². The molecule has 0 radical (unpaired) electrons. The Bertz CT molecular complexity index is 1280. The Labute approximate surface area is 259 Å². The Morgan fingerprint density at radius 2 is 1.84 bits per heavy atom. The number of nitrogens with zero attached hydrogens (tertiary/aromatic N) is 2. The van der Waals surface area contributed by atoms with Crippen molar-refractivity contribution in [3.05, 3.63) is 60.2 Å². The summed E-state index contributed by atoms with van der Waals surface area (Å²) < 4.78 is 12.3. The van der Waals surface area contributed by atoms with E-state index in [4.69, 9.17) is 9.47 Å². The van der Waals surface area contributed by atoms with Crippen LogP contribution in [0.5, 0.6) is 0 Å². The molecule has 0 aromatic heterocycles. The zero-order chi connectivity index (χ0) is 31.4. The third kappa shape index (κ3) is 5.94. The molecule has 2 N–H and O–H groups in total. The van der Waals surface area contributed by atoms with Crippen molar-refractivity contribution in [2.75, 3.05) is 26.3 Å². The van der Waals surface area contributed by atoms with Crippen molar-refractivity contribution in [3.8, 4) is 0 Å². The summed E-state index contributed by atoms with van der Waals surface area (Å²) in [6, 6.07) is 6.95. The second-order valence-electron chi connectivity index (χ2n) is 12.6. The van der Waals surface area contributed by atoms with Crippen molar-refractivity contribution in [3.63, 3.8) is 0 Å². The van der Waals surface area contributed by atoms with Crippen LogP contribution in [0, 0.1) is 17.8 Å². The van der Waals surface area contributed by atoms with E-state index in [2.05, 4.69) is 12.2 Å². The fraction of sp³-hybridized carbons (Fsp3) is 0.588. The van der Waals surface area contributed by atoms with Gasteiger partial charge in [0.15, 0.2) is 0 Å². The first-order chi connectivity index (χ1) is 21.2. The van der Waals surface area contributed by atoms with E-state index < -0.39 is 47.6 Å². The molecule has 0 unspecified atom stereocenters. The summed E-state index contributed by atoms with van der Waals surface area (Å²) >= 11 is 0. The number of cyclic esters (lactones) is 1. The highest BCUT2D eigenvalue weighted by molar-refractivity contribution is 6.00. The SMILES string of the molecule is CCCCCN1CC=C[C@]23O[C@@H]4/C=C\CCC(=O)OC[C@@H](c5ccccc5)NC(=O)[C@@H]4[C@H]2C(=O)N([C@@H](CO)C(C)C)[C@@H]3C1=O. The summed E-state index contributed by atoms with van der Waals surface area (Å²) in [5, 5.41) is 13.5. The number of allylic oxidation sites excluding steroid dienone is 1. The van der Waals surface area contributed by atoms with Crippen LogP contribution in [0.25, 0.3) is 0 Å². The number of esters is 1. The Balaban J connectivity index is 1.59. The van der Waals surface area contributed by atoms with E-state index in [1.807, 2.05) is 56.3 Å². The molecule has 4 aliphatic rings. The van der Waals surface area contributed by atoms with E-state index in [0.717, 1.165) is 24.8 Å². The maximum Gasteiger partial charge on any atom is 0.306 e. The van der Waals surface area contributed by atoms with Gasteiger partial charge < -0.3 is 29.7 Å². The lowest BCUT2D eigenvalue weighted by molar-refractivity contribution is -0.152. The van der Waals surface area contributed by atoms with Gasteiger partial charge in [0.1, 0.15) is 18.2 Å². The minimum Gasteiger partial charge on any atom is -0.463 e. The molecule has 1 spiro atoms. The van der Waals surface area contributed by atoms with Crippen molar-refractivity contribution in [1.29, 1.82) is 0 Å². The fourth-order valence-electron chi connectivity index (χ4n) is 7.16. The number of rotatable bonds is 8. The van der Waals surface area contributed by atoms with Crippen LogP contribution in [0.3, 0.4) is 0 Å². The predicted octanol–water partition coefficient (Wildman–Crippen LogP) is 2.92. The molecule has 2 saturated heterocycles. The predicted molar refractivity (Wildman–Crippen MR) is 163 cm³/mol. The van der Waals surface area contributed by atoms with Crippen LogP contribution in [-0.2, 0) is 28.7 Å². The minimum absolute atomic E-state index is 0.0555. The number of unbranched alkanes of at least 4 members (excludes halogenated alkanes) is 2. The summed E-state index contributed by atoms with van der Waals surface area (Å²) in [7, 11) is 0. The Hall–Kier alpha value is -3.50. The number of carbonyl (C=O) groups is 4. The lowest BCUT2D eigenvalue weighted by atomic mass is 9.77. The number of ether oxygens (including phenoxy) is 2. The van der Waals surface area contributed by atoms with Gasteiger partial charge in [0.2, 0.25) is 17.7 Å². The van der Waals surface area contributed by atoms with E-state index in [1.165, 1.54) is 4.90 Å². The Morgan fingerprint density at radius 1 is 1.07 bits per heavy atom.